The highest BCUT2D eigenvalue weighted by molar-refractivity contribution is 5.80. The molecule has 0 aliphatic carbocycles. The van der Waals surface area contributed by atoms with E-state index in [0.717, 1.165) is 17.1 Å². The fraction of sp³-hybridized carbons (Fsp3) is 0.280. The first-order chi connectivity index (χ1) is 15.5. The molecule has 170 valence electrons. The van der Waals surface area contributed by atoms with Crippen molar-refractivity contribution in [2.24, 2.45) is 0 Å². The number of anilines is 1. The zero-order valence-electron chi connectivity index (χ0n) is 19.3. The number of carbonyl (C=O) groups excluding carboxylic acids is 1. The smallest absolute Gasteiger partial charge is 0.239 e. The van der Waals surface area contributed by atoms with Crippen LogP contribution in [0.15, 0.2) is 79.9 Å². The van der Waals surface area contributed by atoms with Gasteiger partial charge in [-0.2, -0.15) is 0 Å². The third-order valence-corrected chi connectivity index (χ3v) is 4.80. The van der Waals surface area contributed by atoms with Gasteiger partial charge in [0.25, 0.3) is 0 Å². The maximum absolute atomic E-state index is 11.1. The molecule has 2 heterocycles. The van der Waals surface area contributed by atoms with Crippen molar-refractivity contribution >= 4 is 11.7 Å². The van der Waals surface area contributed by atoms with E-state index in [0.29, 0.717) is 13.2 Å². The van der Waals surface area contributed by atoms with Gasteiger partial charge < -0.3 is 24.8 Å². The predicted octanol–water partition coefficient (Wildman–Crippen LogP) is 3.47. The normalized spacial score (nSPS) is 11.0. The van der Waals surface area contributed by atoms with Crippen molar-refractivity contribution in [2.75, 3.05) is 39.3 Å². The number of pyridine rings is 1. The van der Waals surface area contributed by atoms with Gasteiger partial charge in [0.2, 0.25) is 5.91 Å². The van der Waals surface area contributed by atoms with Gasteiger partial charge in [0, 0.05) is 45.5 Å². The number of ether oxygens (including phenoxy) is 1. The summed E-state index contributed by atoms with van der Waals surface area (Å²) in [6.07, 6.45) is 7.55. The summed E-state index contributed by atoms with van der Waals surface area (Å²) < 4.78 is 7.28. The zero-order chi connectivity index (χ0) is 23.3. The first-order valence-electron chi connectivity index (χ1n) is 10.4. The maximum atomic E-state index is 11.1. The molecule has 2 aromatic heterocycles. The van der Waals surface area contributed by atoms with Crippen molar-refractivity contribution < 1.29 is 9.53 Å². The topological polar surface area (TPSA) is 71.4 Å². The fourth-order valence-corrected chi connectivity index (χ4v) is 3.00. The largest absolute Gasteiger partial charge is 0.382 e. The van der Waals surface area contributed by atoms with Gasteiger partial charge in [0.1, 0.15) is 5.82 Å². The van der Waals surface area contributed by atoms with Crippen LogP contribution in [-0.2, 0) is 9.53 Å². The van der Waals surface area contributed by atoms with Crippen LogP contribution in [0.1, 0.15) is 17.2 Å². The predicted molar refractivity (Wildman–Crippen MR) is 130 cm³/mol. The molecule has 7 nitrogen and oxygen atoms in total. The standard InChI is InChI=1S/C15H18N2O.C10H15N3O/c1-3-16-15(12-18-2)13-6-8-14(9-7-13)17-10-4-5-11-17;1-8-4-5-9(12-6-8)13(3)7-10(14)11-2/h3-11,15-16H,1,12H2,2H3;4-6H,7H2,1-3H3,(H,11,14). The molecule has 2 N–H and O–H groups in total. The minimum atomic E-state index is -0.0186. The van der Waals surface area contributed by atoms with Gasteiger partial charge in [-0.3, -0.25) is 4.79 Å². The monoisotopic (exact) mass is 435 g/mol. The number of aryl methyl sites for hydroxylation is 1. The lowest BCUT2D eigenvalue weighted by molar-refractivity contribution is -0.119. The summed E-state index contributed by atoms with van der Waals surface area (Å²) >= 11 is 0. The summed E-state index contributed by atoms with van der Waals surface area (Å²) in [4.78, 5) is 17.1. The Kier molecular flexibility index (Phi) is 10.0. The number of nitrogens with zero attached hydrogens (tertiary/aromatic N) is 3. The summed E-state index contributed by atoms with van der Waals surface area (Å²) in [6.45, 7) is 6.62. The average molecular weight is 436 g/mol. The highest BCUT2D eigenvalue weighted by Crippen LogP contribution is 2.16. The average Bonchev–Trinajstić information content (AvgIpc) is 3.35. The highest BCUT2D eigenvalue weighted by atomic mass is 16.5. The minimum Gasteiger partial charge on any atom is -0.382 e. The summed E-state index contributed by atoms with van der Waals surface area (Å²) in [6, 6.07) is 16.5. The Hall–Kier alpha value is -3.58. The molecule has 0 aliphatic rings. The number of carbonyl (C=O) groups is 1. The van der Waals surface area contributed by atoms with Crippen LogP contribution in [0.5, 0.6) is 0 Å². The van der Waals surface area contributed by atoms with Crippen LogP contribution >= 0.6 is 0 Å². The van der Waals surface area contributed by atoms with E-state index < -0.39 is 0 Å². The Morgan fingerprint density at radius 3 is 2.44 bits per heavy atom. The number of amides is 1. The Morgan fingerprint density at radius 2 is 1.91 bits per heavy atom. The second kappa shape index (κ2) is 13.0. The summed E-state index contributed by atoms with van der Waals surface area (Å²) in [5, 5.41) is 5.75. The van der Waals surface area contributed by atoms with Crippen LogP contribution in [0.3, 0.4) is 0 Å². The van der Waals surface area contributed by atoms with Crippen molar-refractivity contribution in [3.05, 3.63) is 91.0 Å². The molecule has 0 aliphatic heterocycles. The summed E-state index contributed by atoms with van der Waals surface area (Å²) in [5.74, 6) is 0.786. The number of benzene rings is 1. The highest BCUT2D eigenvalue weighted by Gasteiger charge is 2.09. The Labute approximate surface area is 190 Å². The Balaban J connectivity index is 0.000000235. The molecule has 1 unspecified atom stereocenters. The van der Waals surface area contributed by atoms with Crippen LogP contribution in [0.4, 0.5) is 5.82 Å². The number of nitrogens with one attached hydrogen (secondary N) is 2. The van der Waals surface area contributed by atoms with Gasteiger partial charge in [-0.25, -0.2) is 4.98 Å². The molecule has 3 rings (SSSR count). The summed E-state index contributed by atoms with van der Waals surface area (Å²) in [5.41, 5.74) is 3.45. The third-order valence-electron chi connectivity index (χ3n) is 4.80. The van der Waals surface area contributed by atoms with E-state index in [9.17, 15) is 4.79 Å². The van der Waals surface area contributed by atoms with Gasteiger partial charge in [0.15, 0.2) is 0 Å². The van der Waals surface area contributed by atoms with Crippen molar-refractivity contribution in [3.8, 4) is 5.69 Å². The number of rotatable bonds is 9. The van der Waals surface area contributed by atoms with E-state index in [2.05, 4.69) is 51.0 Å². The number of hydrogen-bond donors (Lipinski definition) is 2. The zero-order valence-corrected chi connectivity index (χ0v) is 19.3. The maximum Gasteiger partial charge on any atom is 0.239 e. The van der Waals surface area contributed by atoms with Gasteiger partial charge in [0.05, 0.1) is 19.2 Å². The molecule has 0 bridgehead atoms. The SMILES string of the molecule is C=CNC(COC)c1ccc(-n2cccc2)cc1.CNC(=O)CN(C)c1ccc(C)cn1. The molecule has 1 atom stereocenters. The van der Waals surface area contributed by atoms with Crippen LogP contribution in [-0.4, -0.2) is 49.8 Å². The molecular weight excluding hydrogens is 402 g/mol. The number of methoxy groups -OCH3 is 1. The minimum absolute atomic E-state index is 0.0186. The molecule has 1 aromatic carbocycles. The first kappa shape index (κ1) is 24.7. The molecule has 1 amide bonds. The lowest BCUT2D eigenvalue weighted by Crippen LogP contribution is -2.33. The van der Waals surface area contributed by atoms with Gasteiger partial charge in [-0.15, -0.1) is 0 Å². The second-order valence-electron chi connectivity index (χ2n) is 7.28. The van der Waals surface area contributed by atoms with E-state index in [1.54, 1.807) is 31.5 Å². The lowest BCUT2D eigenvalue weighted by atomic mass is 10.1. The van der Waals surface area contributed by atoms with Crippen LogP contribution < -0.4 is 15.5 Å². The second-order valence-corrected chi connectivity index (χ2v) is 7.28. The Morgan fingerprint density at radius 1 is 1.22 bits per heavy atom. The molecule has 0 saturated carbocycles. The van der Waals surface area contributed by atoms with E-state index >= 15 is 0 Å². The molecule has 0 saturated heterocycles. The molecule has 7 heteroatoms. The van der Waals surface area contributed by atoms with Crippen molar-refractivity contribution in [3.63, 3.8) is 0 Å². The lowest BCUT2D eigenvalue weighted by Gasteiger charge is -2.17. The quantitative estimate of drug-likeness (QED) is 0.539. The van der Waals surface area contributed by atoms with E-state index in [4.69, 9.17) is 4.74 Å². The third kappa shape index (κ3) is 7.59. The van der Waals surface area contributed by atoms with Gasteiger partial charge in [-0.1, -0.05) is 24.8 Å². The molecule has 0 radical (unpaired) electrons. The number of likely N-dealkylation sites (N-methyl/N-ethyl adjacent to an activating group) is 2. The van der Waals surface area contributed by atoms with Gasteiger partial charge >= 0.3 is 0 Å². The molecule has 32 heavy (non-hydrogen) atoms. The fourth-order valence-electron chi connectivity index (χ4n) is 3.00. The molecular formula is C25H33N5O2. The van der Waals surface area contributed by atoms with Crippen molar-refractivity contribution in [2.45, 2.75) is 13.0 Å². The molecule has 3 aromatic rings. The van der Waals surface area contributed by atoms with Crippen molar-refractivity contribution in [1.29, 1.82) is 0 Å². The van der Waals surface area contributed by atoms with E-state index in [1.807, 2.05) is 50.6 Å². The molecule has 0 fully saturated rings. The molecule has 0 spiro atoms. The van der Waals surface area contributed by atoms with Crippen molar-refractivity contribution in [1.82, 2.24) is 20.2 Å². The number of aromatic nitrogens is 2. The van der Waals surface area contributed by atoms with Crippen LogP contribution in [0.25, 0.3) is 5.69 Å². The first-order valence-corrected chi connectivity index (χ1v) is 10.4. The summed E-state index contributed by atoms with van der Waals surface area (Å²) in [7, 11) is 5.16. The van der Waals surface area contributed by atoms with Crippen LogP contribution in [0, 0.1) is 6.92 Å². The number of hydrogen-bond acceptors (Lipinski definition) is 5. The van der Waals surface area contributed by atoms with E-state index in [1.165, 1.54) is 5.56 Å². The van der Waals surface area contributed by atoms with Gasteiger partial charge in [-0.05, 0) is 54.6 Å². The Bertz CT molecular complexity index is 937. The van der Waals surface area contributed by atoms with E-state index in [-0.39, 0.29) is 11.9 Å². The van der Waals surface area contributed by atoms with Crippen LogP contribution in [0.2, 0.25) is 0 Å².